The zero-order chi connectivity index (χ0) is 16.7. The van der Waals surface area contributed by atoms with Crippen LogP contribution in [0.3, 0.4) is 0 Å². The first-order valence-corrected chi connectivity index (χ1v) is 8.26. The number of carbonyl (C=O) groups excluding carboxylic acids is 1. The number of nitrogens with one attached hydrogen (secondary N) is 1. The number of H-pyrrole nitrogens is 1. The number of aromatic nitrogens is 1. The average molecular weight is 341 g/mol. The van der Waals surface area contributed by atoms with Crippen LogP contribution < -0.4 is 4.74 Å². The molecular weight excluding hydrogens is 324 g/mol. The summed E-state index contributed by atoms with van der Waals surface area (Å²) in [5, 5.41) is 1.82. The van der Waals surface area contributed by atoms with Crippen LogP contribution in [0.25, 0.3) is 10.9 Å². The van der Waals surface area contributed by atoms with Gasteiger partial charge in [-0.15, -0.1) is 0 Å². The van der Waals surface area contributed by atoms with E-state index in [1.54, 1.807) is 31.4 Å². The highest BCUT2D eigenvalue weighted by molar-refractivity contribution is 6.30. The number of hydrogen-bond donors (Lipinski definition) is 1. The molecule has 3 aromatic rings. The van der Waals surface area contributed by atoms with E-state index in [0.717, 1.165) is 23.4 Å². The van der Waals surface area contributed by atoms with Gasteiger partial charge in [0.2, 0.25) is 0 Å². The maximum Gasteiger partial charge on any atom is 0.254 e. The number of rotatable bonds is 2. The van der Waals surface area contributed by atoms with E-state index >= 15 is 0 Å². The van der Waals surface area contributed by atoms with Crippen LogP contribution in [0, 0.1) is 0 Å². The number of benzene rings is 2. The monoisotopic (exact) mass is 340 g/mol. The van der Waals surface area contributed by atoms with E-state index < -0.39 is 0 Å². The van der Waals surface area contributed by atoms with Crippen molar-refractivity contribution in [3.05, 3.63) is 64.3 Å². The summed E-state index contributed by atoms with van der Waals surface area (Å²) in [7, 11) is 1.67. The first-order valence-electron chi connectivity index (χ1n) is 7.88. The molecule has 1 amide bonds. The van der Waals surface area contributed by atoms with Crippen molar-refractivity contribution in [1.82, 2.24) is 9.88 Å². The first kappa shape index (κ1) is 15.1. The van der Waals surface area contributed by atoms with Crippen molar-refractivity contribution in [3.8, 4) is 5.75 Å². The van der Waals surface area contributed by atoms with Gasteiger partial charge in [0.15, 0.2) is 0 Å². The third-order valence-electron chi connectivity index (χ3n) is 4.56. The quantitative estimate of drug-likeness (QED) is 0.765. The van der Waals surface area contributed by atoms with Gasteiger partial charge < -0.3 is 14.6 Å². The number of methoxy groups -OCH3 is 1. The molecule has 1 N–H and O–H groups in total. The summed E-state index contributed by atoms with van der Waals surface area (Å²) in [5.41, 5.74) is 4.14. The maximum absolute atomic E-state index is 12.7. The molecular formula is C19H17ClN2O2. The Hall–Kier alpha value is -2.46. The maximum atomic E-state index is 12.7. The third kappa shape index (κ3) is 2.53. The Morgan fingerprint density at radius 3 is 2.75 bits per heavy atom. The van der Waals surface area contributed by atoms with Gasteiger partial charge in [0.05, 0.1) is 13.7 Å². The predicted molar refractivity (Wildman–Crippen MR) is 94.7 cm³/mol. The minimum Gasteiger partial charge on any atom is -0.497 e. The third-order valence-corrected chi connectivity index (χ3v) is 4.81. The van der Waals surface area contributed by atoms with Gasteiger partial charge in [-0.05, 0) is 54.4 Å². The molecule has 0 unspecified atom stereocenters. The largest absolute Gasteiger partial charge is 0.497 e. The summed E-state index contributed by atoms with van der Waals surface area (Å²) < 4.78 is 5.32. The van der Waals surface area contributed by atoms with Gasteiger partial charge in [-0.3, -0.25) is 4.79 Å². The Bertz CT molecular complexity index is 915. The molecule has 1 aromatic heterocycles. The second-order valence-electron chi connectivity index (χ2n) is 5.98. The molecule has 2 heterocycles. The lowest BCUT2D eigenvalue weighted by Crippen LogP contribution is -2.35. The highest BCUT2D eigenvalue weighted by atomic mass is 35.5. The Kier molecular flexibility index (Phi) is 3.69. The fourth-order valence-corrected chi connectivity index (χ4v) is 3.42. The normalized spacial score (nSPS) is 13.8. The number of ether oxygens (including phenoxy) is 1. The number of aromatic amines is 1. The van der Waals surface area contributed by atoms with Crippen molar-refractivity contribution in [2.75, 3.05) is 13.7 Å². The topological polar surface area (TPSA) is 45.3 Å². The van der Waals surface area contributed by atoms with Crippen LogP contribution in [-0.2, 0) is 13.0 Å². The van der Waals surface area contributed by atoms with Crippen molar-refractivity contribution in [2.24, 2.45) is 0 Å². The van der Waals surface area contributed by atoms with Crippen LogP contribution in [0.5, 0.6) is 5.75 Å². The van der Waals surface area contributed by atoms with Crippen molar-refractivity contribution in [3.63, 3.8) is 0 Å². The van der Waals surface area contributed by atoms with Crippen LogP contribution in [0.2, 0.25) is 5.02 Å². The van der Waals surface area contributed by atoms with Crippen LogP contribution >= 0.6 is 11.6 Å². The lowest BCUT2D eigenvalue weighted by molar-refractivity contribution is 0.0733. The highest BCUT2D eigenvalue weighted by Gasteiger charge is 2.24. The van der Waals surface area contributed by atoms with Crippen molar-refractivity contribution < 1.29 is 9.53 Å². The van der Waals surface area contributed by atoms with Crippen LogP contribution in [0.4, 0.5) is 0 Å². The summed E-state index contributed by atoms with van der Waals surface area (Å²) in [6, 6.07) is 13.1. The van der Waals surface area contributed by atoms with Gasteiger partial charge >= 0.3 is 0 Å². The summed E-state index contributed by atoms with van der Waals surface area (Å²) in [6.07, 6.45) is 0.835. The number of hydrogen-bond acceptors (Lipinski definition) is 2. The number of fused-ring (bicyclic) bond motifs is 3. The second kappa shape index (κ2) is 5.87. The minimum atomic E-state index is 0.0357. The molecule has 5 heteroatoms. The number of amides is 1. The molecule has 0 spiro atoms. The average Bonchev–Trinajstić information content (AvgIpc) is 2.98. The van der Waals surface area contributed by atoms with Crippen LogP contribution in [0.15, 0.2) is 42.5 Å². The van der Waals surface area contributed by atoms with E-state index in [1.165, 1.54) is 10.9 Å². The lowest BCUT2D eigenvalue weighted by atomic mass is 10.0. The predicted octanol–water partition coefficient (Wildman–Crippen LogP) is 4.03. The summed E-state index contributed by atoms with van der Waals surface area (Å²) in [5.74, 6) is 0.887. The van der Waals surface area contributed by atoms with E-state index in [0.29, 0.717) is 23.7 Å². The van der Waals surface area contributed by atoms with Gasteiger partial charge in [0.1, 0.15) is 5.75 Å². The Morgan fingerprint density at radius 1 is 1.21 bits per heavy atom. The second-order valence-corrected chi connectivity index (χ2v) is 6.41. The lowest BCUT2D eigenvalue weighted by Gasteiger charge is -2.27. The zero-order valence-corrected chi connectivity index (χ0v) is 14.1. The fourth-order valence-electron chi connectivity index (χ4n) is 3.30. The molecule has 0 saturated heterocycles. The molecule has 4 rings (SSSR count). The van der Waals surface area contributed by atoms with Crippen molar-refractivity contribution >= 4 is 28.4 Å². The van der Waals surface area contributed by atoms with Gasteiger partial charge in [-0.25, -0.2) is 0 Å². The molecule has 0 aliphatic carbocycles. The molecule has 4 nitrogen and oxygen atoms in total. The Morgan fingerprint density at radius 2 is 2.00 bits per heavy atom. The van der Waals surface area contributed by atoms with Gasteiger partial charge in [-0.2, -0.15) is 0 Å². The van der Waals surface area contributed by atoms with Gasteiger partial charge in [0, 0.05) is 33.7 Å². The molecule has 0 saturated carbocycles. The number of carbonyl (C=O) groups is 1. The molecule has 122 valence electrons. The Balaban J connectivity index is 1.64. The molecule has 0 atom stereocenters. The van der Waals surface area contributed by atoms with Crippen LogP contribution in [0.1, 0.15) is 21.6 Å². The zero-order valence-electron chi connectivity index (χ0n) is 13.3. The van der Waals surface area contributed by atoms with E-state index in [2.05, 4.69) is 11.1 Å². The molecule has 2 aromatic carbocycles. The molecule has 1 aliphatic rings. The SMILES string of the molecule is COc1ccc2[nH]c3c(c2c1)CCN(C(=O)c1ccc(Cl)cc1)C3. The fraction of sp³-hybridized carbons (Fsp3) is 0.211. The molecule has 24 heavy (non-hydrogen) atoms. The summed E-state index contributed by atoms with van der Waals surface area (Å²) in [6.45, 7) is 1.30. The van der Waals surface area contributed by atoms with Crippen LogP contribution in [-0.4, -0.2) is 29.4 Å². The number of halogens is 1. The van der Waals surface area contributed by atoms with Crippen molar-refractivity contribution in [1.29, 1.82) is 0 Å². The smallest absolute Gasteiger partial charge is 0.254 e. The molecule has 0 bridgehead atoms. The van der Waals surface area contributed by atoms with E-state index in [9.17, 15) is 4.79 Å². The summed E-state index contributed by atoms with van der Waals surface area (Å²) >= 11 is 5.90. The van der Waals surface area contributed by atoms with E-state index in [-0.39, 0.29) is 5.91 Å². The van der Waals surface area contributed by atoms with Crippen molar-refractivity contribution in [2.45, 2.75) is 13.0 Å². The first-order chi connectivity index (χ1) is 11.7. The number of nitrogens with zero attached hydrogens (tertiary/aromatic N) is 1. The van der Waals surface area contributed by atoms with E-state index in [4.69, 9.17) is 16.3 Å². The Labute approximate surface area is 145 Å². The van der Waals surface area contributed by atoms with Gasteiger partial charge in [-0.1, -0.05) is 11.6 Å². The molecule has 1 aliphatic heterocycles. The standard InChI is InChI=1S/C19H17ClN2O2/c1-24-14-6-7-17-16(10-14)15-8-9-22(11-18(15)21-17)19(23)12-2-4-13(20)5-3-12/h2-7,10,21H,8-9,11H2,1H3. The highest BCUT2D eigenvalue weighted by Crippen LogP contribution is 2.30. The molecule has 0 fully saturated rings. The van der Waals surface area contributed by atoms with E-state index in [1.807, 2.05) is 17.0 Å². The summed E-state index contributed by atoms with van der Waals surface area (Å²) in [4.78, 5) is 18.0. The molecule has 0 radical (unpaired) electrons. The van der Waals surface area contributed by atoms with Gasteiger partial charge in [0.25, 0.3) is 5.91 Å². The minimum absolute atomic E-state index is 0.0357.